The smallest absolute Gasteiger partial charge is 0.139 e. The lowest BCUT2D eigenvalue weighted by atomic mass is 9.50. The molecule has 0 aliphatic heterocycles. The molecule has 0 unspecified atom stereocenters. The van der Waals surface area contributed by atoms with Crippen molar-refractivity contribution < 1.29 is 9.59 Å². The zero-order chi connectivity index (χ0) is 13.9. The van der Waals surface area contributed by atoms with E-state index in [2.05, 4.69) is 6.92 Å². The van der Waals surface area contributed by atoms with Crippen molar-refractivity contribution >= 4 is 11.6 Å². The lowest BCUT2D eigenvalue weighted by Gasteiger charge is -2.53. The van der Waals surface area contributed by atoms with E-state index in [0.29, 0.717) is 23.4 Å². The number of carbonyl (C=O) groups is 2. The lowest BCUT2D eigenvalue weighted by molar-refractivity contribution is -0.134. The van der Waals surface area contributed by atoms with Gasteiger partial charge in [-0.25, -0.2) is 0 Å². The molecule has 0 aromatic carbocycles. The van der Waals surface area contributed by atoms with E-state index in [4.69, 9.17) is 0 Å². The van der Waals surface area contributed by atoms with Crippen molar-refractivity contribution in [2.75, 3.05) is 0 Å². The fraction of sp³-hybridized carbons (Fsp3) is 0.889. The van der Waals surface area contributed by atoms with E-state index in [9.17, 15) is 9.59 Å². The molecule has 20 heavy (non-hydrogen) atoms. The van der Waals surface area contributed by atoms with Crippen LogP contribution in [0.1, 0.15) is 64.7 Å². The molecule has 0 N–H and O–H groups in total. The Morgan fingerprint density at radius 3 is 2.60 bits per heavy atom. The maximum absolute atomic E-state index is 12.3. The van der Waals surface area contributed by atoms with Crippen LogP contribution in [0.15, 0.2) is 0 Å². The molecule has 0 saturated heterocycles. The monoisotopic (exact) mass is 274 g/mol. The van der Waals surface area contributed by atoms with Gasteiger partial charge in [0.15, 0.2) is 0 Å². The molecule has 0 aromatic rings. The minimum atomic E-state index is 0.0124. The number of Topliss-reactive ketones (excluding diaryl/α,β-unsaturated/α-hetero) is 2. The SMILES string of the molecule is C[C@]12CC[C@@H]3[C@@H]4CCC(=O)C[C@@H]4CC[C@H]3[C@H]1CCC2=O. The third-order valence-electron chi connectivity index (χ3n) is 7.47. The van der Waals surface area contributed by atoms with Gasteiger partial charge in [-0.15, -0.1) is 0 Å². The van der Waals surface area contributed by atoms with Crippen LogP contribution in [-0.2, 0) is 9.59 Å². The Balaban J connectivity index is 1.59. The van der Waals surface area contributed by atoms with Crippen molar-refractivity contribution in [2.24, 2.45) is 35.0 Å². The molecular formula is C18H26O2. The van der Waals surface area contributed by atoms with Gasteiger partial charge < -0.3 is 0 Å². The highest BCUT2D eigenvalue weighted by Crippen LogP contribution is 2.61. The number of rotatable bonds is 0. The van der Waals surface area contributed by atoms with Crippen LogP contribution in [-0.4, -0.2) is 11.6 Å². The minimum absolute atomic E-state index is 0.0124. The highest BCUT2D eigenvalue weighted by atomic mass is 16.1. The van der Waals surface area contributed by atoms with Crippen molar-refractivity contribution in [3.63, 3.8) is 0 Å². The molecule has 6 atom stereocenters. The Hall–Kier alpha value is -0.660. The molecule has 0 heterocycles. The van der Waals surface area contributed by atoms with E-state index >= 15 is 0 Å². The summed E-state index contributed by atoms with van der Waals surface area (Å²) in [6.45, 7) is 2.25. The summed E-state index contributed by atoms with van der Waals surface area (Å²) >= 11 is 0. The van der Waals surface area contributed by atoms with E-state index in [1.807, 2.05) is 0 Å². The van der Waals surface area contributed by atoms with Crippen LogP contribution in [0.4, 0.5) is 0 Å². The van der Waals surface area contributed by atoms with Gasteiger partial charge in [0.1, 0.15) is 11.6 Å². The van der Waals surface area contributed by atoms with Gasteiger partial charge in [-0.1, -0.05) is 6.92 Å². The van der Waals surface area contributed by atoms with Gasteiger partial charge in [-0.3, -0.25) is 9.59 Å². The van der Waals surface area contributed by atoms with E-state index < -0.39 is 0 Å². The standard InChI is InChI=1S/C18H26O2/c1-18-9-8-14-13-5-3-12(19)10-11(13)2-4-15(14)16(18)6-7-17(18)20/h11,13-16H,2-10H2,1H3/t11-,13+,14+,15+,16+,18-/m0/s1. The van der Waals surface area contributed by atoms with Crippen molar-refractivity contribution in [3.8, 4) is 0 Å². The Morgan fingerprint density at radius 2 is 1.75 bits per heavy atom. The third-order valence-corrected chi connectivity index (χ3v) is 7.47. The van der Waals surface area contributed by atoms with Crippen LogP contribution >= 0.6 is 0 Å². The zero-order valence-electron chi connectivity index (χ0n) is 12.6. The first-order chi connectivity index (χ1) is 9.59. The van der Waals surface area contributed by atoms with Crippen LogP contribution in [0.2, 0.25) is 0 Å². The number of hydrogen-bond donors (Lipinski definition) is 0. The predicted molar refractivity (Wildman–Crippen MR) is 77.1 cm³/mol. The van der Waals surface area contributed by atoms with E-state index in [0.717, 1.165) is 56.3 Å². The number of carbonyl (C=O) groups excluding carboxylic acids is 2. The molecule has 4 aliphatic rings. The summed E-state index contributed by atoms with van der Waals surface area (Å²) in [5, 5.41) is 0. The van der Waals surface area contributed by atoms with Gasteiger partial charge >= 0.3 is 0 Å². The predicted octanol–water partition coefficient (Wildman–Crippen LogP) is 3.78. The van der Waals surface area contributed by atoms with Gasteiger partial charge in [0, 0.05) is 24.7 Å². The average molecular weight is 274 g/mol. The molecule has 4 saturated carbocycles. The first-order valence-corrected chi connectivity index (χ1v) is 8.64. The number of hydrogen-bond acceptors (Lipinski definition) is 2. The maximum Gasteiger partial charge on any atom is 0.139 e. The fourth-order valence-corrected chi connectivity index (χ4v) is 6.43. The molecule has 4 fully saturated rings. The zero-order valence-corrected chi connectivity index (χ0v) is 12.6. The van der Waals surface area contributed by atoms with E-state index in [-0.39, 0.29) is 5.41 Å². The largest absolute Gasteiger partial charge is 0.300 e. The Morgan fingerprint density at radius 1 is 0.900 bits per heavy atom. The Labute approximate surface area is 121 Å². The number of fused-ring (bicyclic) bond motifs is 5. The second kappa shape index (κ2) is 4.42. The summed E-state index contributed by atoms with van der Waals surface area (Å²) in [6, 6.07) is 0. The van der Waals surface area contributed by atoms with Crippen molar-refractivity contribution in [1.29, 1.82) is 0 Å². The van der Waals surface area contributed by atoms with Crippen molar-refractivity contribution in [3.05, 3.63) is 0 Å². The average Bonchev–Trinajstić information content (AvgIpc) is 2.74. The van der Waals surface area contributed by atoms with Crippen LogP contribution < -0.4 is 0 Å². The maximum atomic E-state index is 12.3. The molecule has 0 bridgehead atoms. The second-order valence-electron chi connectivity index (χ2n) is 8.13. The molecule has 2 nitrogen and oxygen atoms in total. The fourth-order valence-electron chi connectivity index (χ4n) is 6.43. The first kappa shape index (κ1) is 13.0. The Bertz CT molecular complexity index is 454. The van der Waals surface area contributed by atoms with Crippen molar-refractivity contribution in [2.45, 2.75) is 64.7 Å². The van der Waals surface area contributed by atoms with Gasteiger partial charge in [-0.05, 0) is 68.1 Å². The summed E-state index contributed by atoms with van der Waals surface area (Å²) in [5.74, 6) is 4.79. The van der Waals surface area contributed by atoms with Gasteiger partial charge in [0.25, 0.3) is 0 Å². The summed E-state index contributed by atoms with van der Waals surface area (Å²) in [6.07, 6.45) is 9.70. The first-order valence-electron chi connectivity index (χ1n) is 8.64. The summed E-state index contributed by atoms with van der Waals surface area (Å²) < 4.78 is 0. The molecular weight excluding hydrogens is 248 g/mol. The lowest BCUT2D eigenvalue weighted by Crippen LogP contribution is -2.48. The normalized spacial score (nSPS) is 51.4. The number of ketones is 2. The molecule has 4 rings (SSSR count). The van der Waals surface area contributed by atoms with E-state index in [1.165, 1.54) is 19.3 Å². The molecule has 0 amide bonds. The topological polar surface area (TPSA) is 34.1 Å². The molecule has 110 valence electrons. The molecule has 2 heteroatoms. The third kappa shape index (κ3) is 1.69. The molecule has 0 aromatic heterocycles. The highest BCUT2D eigenvalue weighted by Gasteiger charge is 2.56. The highest BCUT2D eigenvalue weighted by molar-refractivity contribution is 5.87. The summed E-state index contributed by atoms with van der Waals surface area (Å²) in [4.78, 5) is 24.0. The van der Waals surface area contributed by atoms with Crippen LogP contribution in [0, 0.1) is 35.0 Å². The van der Waals surface area contributed by atoms with Crippen LogP contribution in [0.25, 0.3) is 0 Å². The van der Waals surface area contributed by atoms with Crippen LogP contribution in [0.5, 0.6) is 0 Å². The minimum Gasteiger partial charge on any atom is -0.300 e. The van der Waals surface area contributed by atoms with Crippen molar-refractivity contribution in [1.82, 2.24) is 0 Å². The second-order valence-corrected chi connectivity index (χ2v) is 8.13. The molecule has 0 spiro atoms. The van der Waals surface area contributed by atoms with Crippen LogP contribution in [0.3, 0.4) is 0 Å². The van der Waals surface area contributed by atoms with E-state index in [1.54, 1.807) is 0 Å². The summed E-state index contributed by atoms with van der Waals surface area (Å²) in [5.41, 5.74) is 0.0124. The summed E-state index contributed by atoms with van der Waals surface area (Å²) in [7, 11) is 0. The Kier molecular flexibility index (Phi) is 2.88. The van der Waals surface area contributed by atoms with Gasteiger partial charge in [0.2, 0.25) is 0 Å². The quantitative estimate of drug-likeness (QED) is 0.673. The molecule has 4 aliphatic carbocycles. The van der Waals surface area contributed by atoms with Gasteiger partial charge in [0.05, 0.1) is 0 Å². The molecule has 0 radical (unpaired) electrons. The van der Waals surface area contributed by atoms with Gasteiger partial charge in [-0.2, -0.15) is 0 Å².